The van der Waals surface area contributed by atoms with E-state index in [2.05, 4.69) is 10.1 Å². The molecule has 1 aliphatic rings. The van der Waals surface area contributed by atoms with Gasteiger partial charge in [0.1, 0.15) is 23.3 Å². The Balaban J connectivity index is 1.55. The lowest BCUT2D eigenvalue weighted by molar-refractivity contribution is -0.274. The first-order valence-corrected chi connectivity index (χ1v) is 12.6. The fourth-order valence-electron chi connectivity index (χ4n) is 4.16. The Bertz CT molecular complexity index is 1350. The van der Waals surface area contributed by atoms with Crippen LogP contribution in [0.4, 0.5) is 24.5 Å². The molecule has 2 amide bonds. The maximum atomic E-state index is 13.6. The van der Waals surface area contributed by atoms with Crippen LogP contribution in [0.2, 0.25) is 0 Å². The Morgan fingerprint density at radius 3 is 2.12 bits per heavy atom. The lowest BCUT2D eigenvalue weighted by Gasteiger charge is -2.24. The number of amides is 2. The summed E-state index contributed by atoms with van der Waals surface area (Å²) in [5, 5.41) is 2.94. The molecule has 210 valence electrons. The van der Waals surface area contributed by atoms with E-state index in [-0.39, 0.29) is 23.8 Å². The van der Waals surface area contributed by atoms with Crippen molar-refractivity contribution in [2.75, 3.05) is 23.9 Å². The monoisotopic (exact) mass is 573 g/mol. The van der Waals surface area contributed by atoms with E-state index in [1.165, 1.54) is 36.3 Å². The van der Waals surface area contributed by atoms with Gasteiger partial charge in [0.25, 0.3) is 5.91 Å². The molecule has 8 nitrogen and oxygen atoms in total. The van der Waals surface area contributed by atoms with Gasteiger partial charge in [-0.25, -0.2) is 0 Å². The highest BCUT2D eigenvalue weighted by molar-refractivity contribution is 7.80. The molecule has 1 saturated heterocycles. The summed E-state index contributed by atoms with van der Waals surface area (Å²) in [7, 11) is 1.52. The third-order valence-corrected chi connectivity index (χ3v) is 6.40. The van der Waals surface area contributed by atoms with E-state index in [1.54, 1.807) is 53.4 Å². The van der Waals surface area contributed by atoms with Crippen molar-refractivity contribution in [2.45, 2.75) is 32.3 Å². The Morgan fingerprint density at radius 1 is 0.950 bits per heavy atom. The minimum atomic E-state index is -4.81. The first-order chi connectivity index (χ1) is 19.1. The van der Waals surface area contributed by atoms with Crippen LogP contribution in [-0.4, -0.2) is 47.9 Å². The van der Waals surface area contributed by atoms with Crippen molar-refractivity contribution in [2.24, 2.45) is 0 Å². The Hall–Kier alpha value is -4.32. The van der Waals surface area contributed by atoms with Crippen LogP contribution < -0.4 is 24.4 Å². The third-order valence-electron chi connectivity index (χ3n) is 5.99. The molecule has 1 N–H and O–H groups in total. The maximum Gasteiger partial charge on any atom is 0.573 e. The zero-order valence-electron chi connectivity index (χ0n) is 21.6. The number of hydrogen-bond donors (Lipinski definition) is 1. The van der Waals surface area contributed by atoms with Crippen molar-refractivity contribution >= 4 is 40.5 Å². The summed E-state index contributed by atoms with van der Waals surface area (Å²) >= 11 is 5.66. The molecule has 0 bridgehead atoms. The molecule has 3 aromatic carbocycles. The standard InChI is InChI=1S/C28H26F3N3O5S/c1-3-38-22-12-6-19(7-13-22)32-25(35)16-24-26(36)34(20-8-14-21(37-2)15-9-20)27(40)33(24)17-18-4-10-23(11-5-18)39-28(29,30)31/h4-15,24H,3,16-17H2,1-2H3,(H,32,35). The molecule has 1 aliphatic heterocycles. The highest BCUT2D eigenvalue weighted by Gasteiger charge is 2.44. The number of nitrogens with one attached hydrogen (secondary N) is 1. The number of carbonyl (C=O) groups excluding carboxylic acids is 2. The van der Waals surface area contributed by atoms with Crippen LogP contribution in [0.1, 0.15) is 18.9 Å². The number of halogens is 3. The van der Waals surface area contributed by atoms with Crippen LogP contribution in [0, 0.1) is 0 Å². The highest BCUT2D eigenvalue weighted by Crippen LogP contribution is 2.31. The summed E-state index contributed by atoms with van der Waals surface area (Å²) in [6.07, 6.45) is -5.03. The number of thiocarbonyl (C=S) groups is 1. The van der Waals surface area contributed by atoms with Crippen molar-refractivity contribution in [3.05, 3.63) is 78.4 Å². The topological polar surface area (TPSA) is 80.3 Å². The van der Waals surface area contributed by atoms with Gasteiger partial charge < -0.3 is 24.4 Å². The normalized spacial score (nSPS) is 15.3. The number of rotatable bonds is 10. The molecule has 0 radical (unpaired) electrons. The molecule has 1 heterocycles. The van der Waals surface area contributed by atoms with Crippen molar-refractivity contribution in [3.63, 3.8) is 0 Å². The minimum absolute atomic E-state index is 0.0739. The number of hydrogen-bond acceptors (Lipinski definition) is 6. The predicted octanol–water partition coefficient (Wildman–Crippen LogP) is 5.52. The minimum Gasteiger partial charge on any atom is -0.497 e. The van der Waals surface area contributed by atoms with E-state index in [1.807, 2.05) is 6.92 Å². The molecular formula is C28H26F3N3O5S. The zero-order valence-corrected chi connectivity index (χ0v) is 22.4. The van der Waals surface area contributed by atoms with Crippen LogP contribution in [0.15, 0.2) is 72.8 Å². The van der Waals surface area contributed by atoms with Gasteiger partial charge in [-0.05, 0) is 85.4 Å². The van der Waals surface area contributed by atoms with E-state index in [9.17, 15) is 22.8 Å². The number of carbonyl (C=O) groups is 2. The quantitative estimate of drug-likeness (QED) is 0.320. The molecule has 12 heteroatoms. The third kappa shape index (κ3) is 7.00. The second-order valence-corrected chi connectivity index (χ2v) is 9.06. The van der Waals surface area contributed by atoms with Crippen LogP contribution in [-0.2, 0) is 16.1 Å². The van der Waals surface area contributed by atoms with Crippen molar-refractivity contribution < 1.29 is 37.0 Å². The lowest BCUT2D eigenvalue weighted by Crippen LogP contribution is -2.37. The van der Waals surface area contributed by atoms with Gasteiger partial charge in [0.05, 0.1) is 25.8 Å². The molecule has 0 aromatic heterocycles. The molecule has 0 saturated carbocycles. The summed E-state index contributed by atoms with van der Waals surface area (Å²) < 4.78 is 52.2. The molecule has 0 aliphatic carbocycles. The molecule has 1 unspecified atom stereocenters. The number of ether oxygens (including phenoxy) is 3. The Morgan fingerprint density at radius 2 is 1.55 bits per heavy atom. The molecular weight excluding hydrogens is 547 g/mol. The number of alkyl halides is 3. The van der Waals surface area contributed by atoms with Gasteiger partial charge in [0, 0.05) is 12.2 Å². The largest absolute Gasteiger partial charge is 0.573 e. The second kappa shape index (κ2) is 12.2. The van der Waals surface area contributed by atoms with Crippen molar-refractivity contribution in [3.8, 4) is 17.2 Å². The summed E-state index contributed by atoms with van der Waals surface area (Å²) in [4.78, 5) is 29.5. The van der Waals surface area contributed by atoms with Crippen molar-refractivity contribution in [1.82, 2.24) is 4.90 Å². The number of nitrogens with zero attached hydrogens (tertiary/aromatic N) is 2. The summed E-state index contributed by atoms with van der Waals surface area (Å²) in [6, 6.07) is 17.8. The Labute approximate surface area is 234 Å². The fourth-order valence-corrected chi connectivity index (χ4v) is 4.55. The summed E-state index contributed by atoms with van der Waals surface area (Å²) in [5.74, 6) is 0.0488. The molecule has 40 heavy (non-hydrogen) atoms. The summed E-state index contributed by atoms with van der Waals surface area (Å²) in [5.41, 5.74) is 1.59. The van der Waals surface area contributed by atoms with Crippen molar-refractivity contribution in [1.29, 1.82) is 0 Å². The van der Waals surface area contributed by atoms with Crippen LogP contribution >= 0.6 is 12.2 Å². The summed E-state index contributed by atoms with van der Waals surface area (Å²) in [6.45, 7) is 2.45. The smallest absolute Gasteiger partial charge is 0.497 e. The SMILES string of the molecule is CCOc1ccc(NC(=O)CC2C(=O)N(c3ccc(OC)cc3)C(=S)N2Cc2ccc(OC(F)(F)F)cc2)cc1. The van der Waals surface area contributed by atoms with Gasteiger partial charge >= 0.3 is 6.36 Å². The van der Waals surface area contributed by atoms with Gasteiger partial charge in [-0.1, -0.05) is 12.1 Å². The molecule has 1 atom stereocenters. The lowest BCUT2D eigenvalue weighted by atomic mass is 10.1. The molecule has 1 fully saturated rings. The predicted molar refractivity (Wildman–Crippen MR) is 146 cm³/mol. The average molecular weight is 574 g/mol. The number of benzene rings is 3. The van der Waals surface area contributed by atoms with Gasteiger partial charge in [0.2, 0.25) is 5.91 Å². The van der Waals surface area contributed by atoms with Gasteiger partial charge in [-0.3, -0.25) is 14.5 Å². The average Bonchev–Trinajstić information content (AvgIpc) is 3.14. The molecule has 3 aromatic rings. The number of methoxy groups -OCH3 is 1. The molecule has 0 spiro atoms. The van der Waals surface area contributed by atoms with Crippen LogP contribution in [0.25, 0.3) is 0 Å². The van der Waals surface area contributed by atoms with Crippen LogP contribution in [0.5, 0.6) is 17.2 Å². The van der Waals surface area contributed by atoms with Gasteiger partial charge in [-0.2, -0.15) is 0 Å². The first-order valence-electron chi connectivity index (χ1n) is 12.2. The maximum absolute atomic E-state index is 13.6. The number of anilines is 2. The molecule has 4 rings (SSSR count). The van der Waals surface area contributed by atoms with E-state index >= 15 is 0 Å². The van der Waals surface area contributed by atoms with E-state index in [4.69, 9.17) is 21.7 Å². The zero-order chi connectivity index (χ0) is 28.9. The van der Waals surface area contributed by atoms with E-state index < -0.39 is 24.2 Å². The first kappa shape index (κ1) is 28.7. The second-order valence-electron chi connectivity index (χ2n) is 8.70. The van der Waals surface area contributed by atoms with Gasteiger partial charge in [-0.15, -0.1) is 13.2 Å². The van der Waals surface area contributed by atoms with Crippen LogP contribution in [0.3, 0.4) is 0 Å². The fraction of sp³-hybridized carbons (Fsp3) is 0.250. The van der Waals surface area contributed by atoms with E-state index in [0.717, 1.165) is 0 Å². The highest BCUT2D eigenvalue weighted by atomic mass is 32.1. The van der Waals surface area contributed by atoms with E-state index in [0.29, 0.717) is 35.0 Å². The Kier molecular flexibility index (Phi) is 8.78. The van der Waals surface area contributed by atoms with Gasteiger partial charge in [0.15, 0.2) is 5.11 Å².